The van der Waals surface area contributed by atoms with Crippen molar-refractivity contribution < 1.29 is 0 Å². The van der Waals surface area contributed by atoms with Crippen molar-refractivity contribution in [1.29, 1.82) is 0 Å². The molecule has 1 aliphatic carbocycles. The summed E-state index contributed by atoms with van der Waals surface area (Å²) in [7, 11) is 0. The van der Waals surface area contributed by atoms with Gasteiger partial charge in [-0.2, -0.15) is 0 Å². The topological polar surface area (TPSA) is 43.8 Å². The maximum atomic E-state index is 5.62. The van der Waals surface area contributed by atoms with Crippen LogP contribution in [0.2, 0.25) is 0 Å². The Morgan fingerprint density at radius 3 is 2.79 bits per heavy atom. The highest BCUT2D eigenvalue weighted by molar-refractivity contribution is 5.61. The molecule has 3 rings (SSSR count). The van der Waals surface area contributed by atoms with E-state index in [1.165, 1.54) is 42.4 Å². The minimum absolute atomic E-state index is 0.654. The SMILES string of the molecule is Cc1nc(-c2ccc3c(c2)CCCC3)cn1CCN. The number of hydrogen-bond acceptors (Lipinski definition) is 2. The van der Waals surface area contributed by atoms with Crippen LogP contribution in [0.5, 0.6) is 0 Å². The Bertz CT molecular complexity index is 584. The van der Waals surface area contributed by atoms with Crippen LogP contribution in [0, 0.1) is 6.92 Å². The minimum atomic E-state index is 0.654. The predicted molar refractivity (Wildman–Crippen MR) is 78.1 cm³/mol. The molecule has 1 heterocycles. The van der Waals surface area contributed by atoms with Gasteiger partial charge in [-0.05, 0) is 49.8 Å². The summed E-state index contributed by atoms with van der Waals surface area (Å²) in [6.45, 7) is 3.53. The fourth-order valence-corrected chi connectivity index (χ4v) is 2.91. The van der Waals surface area contributed by atoms with Crippen LogP contribution in [-0.4, -0.2) is 16.1 Å². The van der Waals surface area contributed by atoms with Crippen molar-refractivity contribution in [3.05, 3.63) is 41.3 Å². The van der Waals surface area contributed by atoms with Gasteiger partial charge in [0.05, 0.1) is 5.69 Å². The molecule has 3 nitrogen and oxygen atoms in total. The number of benzene rings is 1. The number of imidazole rings is 1. The highest BCUT2D eigenvalue weighted by atomic mass is 15.1. The van der Waals surface area contributed by atoms with Gasteiger partial charge in [-0.1, -0.05) is 12.1 Å². The lowest BCUT2D eigenvalue weighted by molar-refractivity contribution is 0.684. The summed E-state index contributed by atoms with van der Waals surface area (Å²) in [5, 5.41) is 0. The number of hydrogen-bond donors (Lipinski definition) is 1. The quantitative estimate of drug-likeness (QED) is 0.916. The van der Waals surface area contributed by atoms with Crippen molar-refractivity contribution >= 4 is 0 Å². The molecule has 0 radical (unpaired) electrons. The Labute approximate surface area is 114 Å². The second kappa shape index (κ2) is 5.17. The standard InChI is InChI=1S/C16H21N3/c1-12-18-16(11-19(12)9-8-17)15-7-6-13-4-2-3-5-14(13)10-15/h6-7,10-11H,2-5,8-9,17H2,1H3. The summed E-state index contributed by atoms with van der Waals surface area (Å²) in [4.78, 5) is 4.66. The van der Waals surface area contributed by atoms with Crippen LogP contribution in [0.15, 0.2) is 24.4 Å². The van der Waals surface area contributed by atoms with Crippen molar-refractivity contribution in [2.75, 3.05) is 6.54 Å². The Morgan fingerprint density at radius 1 is 1.21 bits per heavy atom. The van der Waals surface area contributed by atoms with Gasteiger partial charge in [0.25, 0.3) is 0 Å². The highest BCUT2D eigenvalue weighted by Crippen LogP contribution is 2.27. The van der Waals surface area contributed by atoms with E-state index in [4.69, 9.17) is 5.73 Å². The maximum Gasteiger partial charge on any atom is 0.106 e. The monoisotopic (exact) mass is 255 g/mol. The number of aryl methyl sites for hydroxylation is 3. The first-order valence-electron chi connectivity index (χ1n) is 7.14. The number of nitrogens with two attached hydrogens (primary N) is 1. The Hall–Kier alpha value is -1.61. The molecule has 1 aromatic heterocycles. The zero-order valence-corrected chi connectivity index (χ0v) is 11.5. The molecule has 0 saturated carbocycles. The Kier molecular flexibility index (Phi) is 3.38. The van der Waals surface area contributed by atoms with E-state index in [1.807, 2.05) is 6.92 Å². The van der Waals surface area contributed by atoms with Crippen molar-refractivity contribution in [2.24, 2.45) is 5.73 Å². The average Bonchev–Trinajstić information content (AvgIpc) is 2.80. The molecule has 0 spiro atoms. The van der Waals surface area contributed by atoms with Crippen LogP contribution < -0.4 is 5.73 Å². The molecule has 0 aliphatic heterocycles. The maximum absolute atomic E-state index is 5.62. The summed E-state index contributed by atoms with van der Waals surface area (Å²) in [6, 6.07) is 6.81. The summed E-state index contributed by atoms with van der Waals surface area (Å²) >= 11 is 0. The molecule has 2 N–H and O–H groups in total. The molecule has 1 aliphatic rings. The predicted octanol–water partition coefficient (Wildman–Crippen LogP) is 2.70. The smallest absolute Gasteiger partial charge is 0.106 e. The van der Waals surface area contributed by atoms with Crippen LogP contribution in [0.1, 0.15) is 29.8 Å². The van der Waals surface area contributed by atoms with Crippen molar-refractivity contribution in [3.63, 3.8) is 0 Å². The van der Waals surface area contributed by atoms with Gasteiger partial charge in [0, 0.05) is 24.8 Å². The third-order valence-corrected chi connectivity index (χ3v) is 3.99. The van der Waals surface area contributed by atoms with Crippen molar-refractivity contribution in [3.8, 4) is 11.3 Å². The molecule has 100 valence electrons. The Balaban J connectivity index is 1.95. The third-order valence-electron chi connectivity index (χ3n) is 3.99. The van der Waals surface area contributed by atoms with Gasteiger partial charge in [0.15, 0.2) is 0 Å². The van der Waals surface area contributed by atoms with Crippen molar-refractivity contribution in [1.82, 2.24) is 9.55 Å². The molecule has 2 aromatic rings. The van der Waals surface area contributed by atoms with E-state index < -0.39 is 0 Å². The van der Waals surface area contributed by atoms with E-state index in [0.717, 1.165) is 18.1 Å². The lowest BCUT2D eigenvalue weighted by atomic mass is 9.90. The first-order chi connectivity index (χ1) is 9.28. The van der Waals surface area contributed by atoms with Gasteiger partial charge in [-0.25, -0.2) is 4.98 Å². The van der Waals surface area contributed by atoms with Gasteiger partial charge in [-0.3, -0.25) is 0 Å². The zero-order chi connectivity index (χ0) is 13.2. The fraction of sp³-hybridized carbons (Fsp3) is 0.438. The second-order valence-electron chi connectivity index (χ2n) is 5.35. The summed E-state index contributed by atoms with van der Waals surface area (Å²) < 4.78 is 2.13. The minimum Gasteiger partial charge on any atom is -0.333 e. The molecule has 0 bridgehead atoms. The lowest BCUT2D eigenvalue weighted by Crippen LogP contribution is -2.10. The largest absolute Gasteiger partial charge is 0.333 e. The van der Waals surface area contributed by atoms with Crippen LogP contribution in [-0.2, 0) is 19.4 Å². The molecule has 0 atom stereocenters. The van der Waals surface area contributed by atoms with Gasteiger partial charge in [-0.15, -0.1) is 0 Å². The zero-order valence-electron chi connectivity index (χ0n) is 11.5. The molecule has 0 saturated heterocycles. The second-order valence-corrected chi connectivity index (χ2v) is 5.35. The van der Waals surface area contributed by atoms with Gasteiger partial charge in [0.2, 0.25) is 0 Å². The summed E-state index contributed by atoms with van der Waals surface area (Å²) in [6.07, 6.45) is 7.21. The molecular formula is C16H21N3. The van der Waals surface area contributed by atoms with Gasteiger partial charge >= 0.3 is 0 Å². The van der Waals surface area contributed by atoms with Gasteiger partial charge < -0.3 is 10.3 Å². The number of rotatable bonds is 3. The number of fused-ring (bicyclic) bond motifs is 1. The van der Waals surface area contributed by atoms with E-state index in [1.54, 1.807) is 0 Å². The van der Waals surface area contributed by atoms with Crippen LogP contribution >= 0.6 is 0 Å². The van der Waals surface area contributed by atoms with Crippen LogP contribution in [0.3, 0.4) is 0 Å². The van der Waals surface area contributed by atoms with E-state index in [0.29, 0.717) is 6.54 Å². The van der Waals surface area contributed by atoms with E-state index in [2.05, 4.69) is 33.9 Å². The molecule has 0 amide bonds. The van der Waals surface area contributed by atoms with E-state index in [9.17, 15) is 0 Å². The summed E-state index contributed by atoms with van der Waals surface area (Å²) in [5.74, 6) is 1.04. The van der Waals surface area contributed by atoms with E-state index >= 15 is 0 Å². The highest BCUT2D eigenvalue weighted by Gasteiger charge is 2.12. The van der Waals surface area contributed by atoms with E-state index in [-0.39, 0.29) is 0 Å². The third kappa shape index (κ3) is 2.43. The molecule has 3 heteroatoms. The number of nitrogens with zero attached hydrogens (tertiary/aromatic N) is 2. The molecule has 1 aromatic carbocycles. The average molecular weight is 255 g/mol. The van der Waals surface area contributed by atoms with Crippen LogP contribution in [0.25, 0.3) is 11.3 Å². The number of aromatic nitrogens is 2. The Morgan fingerprint density at radius 2 is 2.00 bits per heavy atom. The van der Waals surface area contributed by atoms with Crippen LogP contribution in [0.4, 0.5) is 0 Å². The molecule has 0 fully saturated rings. The van der Waals surface area contributed by atoms with Gasteiger partial charge in [0.1, 0.15) is 5.82 Å². The van der Waals surface area contributed by atoms with Crippen molar-refractivity contribution in [2.45, 2.75) is 39.2 Å². The normalized spacial score (nSPS) is 14.4. The molecule has 19 heavy (non-hydrogen) atoms. The first-order valence-corrected chi connectivity index (χ1v) is 7.14. The lowest BCUT2D eigenvalue weighted by Gasteiger charge is -2.16. The molecule has 0 unspecified atom stereocenters. The summed E-state index contributed by atoms with van der Waals surface area (Å²) in [5.41, 5.74) is 11.0. The first kappa shape index (κ1) is 12.4. The molecular weight excluding hydrogens is 234 g/mol. The fourth-order valence-electron chi connectivity index (χ4n) is 2.91.